The Hall–Kier alpha value is -1.16. The summed E-state index contributed by atoms with van der Waals surface area (Å²) < 4.78 is 16.4. The number of nitrogens with zero attached hydrogens (tertiary/aromatic N) is 1. The maximum absolute atomic E-state index is 13.7. The number of fused-ring (bicyclic) bond motifs is 1. The molecule has 2 atom stereocenters. The summed E-state index contributed by atoms with van der Waals surface area (Å²) >= 11 is 5.34. The van der Waals surface area contributed by atoms with Crippen molar-refractivity contribution in [3.05, 3.63) is 28.8 Å². The Morgan fingerprint density at radius 1 is 1.41 bits per heavy atom. The van der Waals surface area contributed by atoms with Crippen LogP contribution >= 0.6 is 12.2 Å². The second-order valence-electron chi connectivity index (χ2n) is 4.91. The van der Waals surface area contributed by atoms with E-state index < -0.39 is 0 Å². The first-order valence-corrected chi connectivity index (χ1v) is 6.48. The van der Waals surface area contributed by atoms with E-state index in [1.807, 2.05) is 6.07 Å². The molecule has 1 fully saturated rings. The zero-order valence-electron chi connectivity index (χ0n) is 9.74. The van der Waals surface area contributed by atoms with Gasteiger partial charge in [-0.2, -0.15) is 0 Å². The van der Waals surface area contributed by atoms with Crippen LogP contribution in [-0.4, -0.2) is 9.55 Å². The molecule has 0 spiro atoms. The van der Waals surface area contributed by atoms with Crippen molar-refractivity contribution in [1.82, 2.24) is 9.55 Å². The van der Waals surface area contributed by atoms with Gasteiger partial charge in [-0.1, -0.05) is 19.4 Å². The molecule has 2 nitrogen and oxygen atoms in total. The molecule has 1 aromatic carbocycles. The second-order valence-corrected chi connectivity index (χ2v) is 5.30. The number of halogens is 1. The van der Waals surface area contributed by atoms with Crippen LogP contribution in [-0.2, 0) is 0 Å². The summed E-state index contributed by atoms with van der Waals surface area (Å²) in [5.41, 5.74) is 1.44. The minimum Gasteiger partial charge on any atom is -0.328 e. The molecule has 2 aromatic rings. The topological polar surface area (TPSA) is 20.7 Å². The van der Waals surface area contributed by atoms with Crippen LogP contribution in [0, 0.1) is 16.5 Å². The van der Waals surface area contributed by atoms with Gasteiger partial charge in [0.15, 0.2) is 4.77 Å². The van der Waals surface area contributed by atoms with Crippen molar-refractivity contribution in [3.8, 4) is 0 Å². The smallest absolute Gasteiger partial charge is 0.178 e. The molecule has 0 amide bonds. The van der Waals surface area contributed by atoms with Crippen molar-refractivity contribution in [1.29, 1.82) is 0 Å². The molecule has 0 aliphatic heterocycles. The average Bonchev–Trinajstić information content (AvgIpc) is 2.83. The summed E-state index contributed by atoms with van der Waals surface area (Å²) in [6.45, 7) is 2.25. The fraction of sp³-hybridized carbons (Fsp3) is 0.462. The largest absolute Gasteiger partial charge is 0.328 e. The van der Waals surface area contributed by atoms with Crippen LogP contribution in [0.4, 0.5) is 4.39 Å². The molecule has 1 aliphatic carbocycles. The Kier molecular flexibility index (Phi) is 2.54. The highest BCUT2D eigenvalue weighted by Crippen LogP contribution is 2.37. The third kappa shape index (κ3) is 1.62. The summed E-state index contributed by atoms with van der Waals surface area (Å²) in [6.07, 6.45) is 3.60. The predicted octanol–water partition coefficient (Wildman–Crippen LogP) is 4.20. The van der Waals surface area contributed by atoms with Crippen molar-refractivity contribution < 1.29 is 4.39 Å². The molecule has 4 heteroatoms. The van der Waals surface area contributed by atoms with Gasteiger partial charge in [0.05, 0.1) is 5.52 Å². The zero-order chi connectivity index (χ0) is 12.0. The summed E-state index contributed by atoms with van der Waals surface area (Å²) in [5, 5.41) is 0. The molecule has 2 unspecified atom stereocenters. The summed E-state index contributed by atoms with van der Waals surface area (Å²) in [7, 11) is 0. The van der Waals surface area contributed by atoms with Gasteiger partial charge in [-0.25, -0.2) is 4.39 Å². The number of nitrogens with one attached hydrogen (secondary N) is 1. The van der Waals surface area contributed by atoms with Gasteiger partial charge in [-0.3, -0.25) is 0 Å². The third-order valence-corrected chi connectivity index (χ3v) is 4.15. The van der Waals surface area contributed by atoms with Crippen LogP contribution < -0.4 is 0 Å². The SMILES string of the molecule is CC1CCCC1n1c(=S)[nH]c2c(F)cccc21. The Morgan fingerprint density at radius 3 is 2.94 bits per heavy atom. The van der Waals surface area contributed by atoms with Gasteiger partial charge in [0, 0.05) is 6.04 Å². The molecule has 1 aliphatic rings. The third-order valence-electron chi connectivity index (χ3n) is 3.85. The summed E-state index contributed by atoms with van der Waals surface area (Å²) in [5.74, 6) is 0.391. The molecule has 1 heterocycles. The van der Waals surface area contributed by atoms with E-state index in [0.717, 1.165) is 11.9 Å². The molecule has 3 rings (SSSR count). The molecule has 0 saturated heterocycles. The zero-order valence-corrected chi connectivity index (χ0v) is 10.6. The van der Waals surface area contributed by atoms with Crippen LogP contribution in [0.25, 0.3) is 11.0 Å². The van der Waals surface area contributed by atoms with Crippen molar-refractivity contribution >= 4 is 23.3 Å². The van der Waals surface area contributed by atoms with Crippen molar-refractivity contribution in [2.75, 3.05) is 0 Å². The molecule has 0 radical (unpaired) electrons. The van der Waals surface area contributed by atoms with Gasteiger partial charge in [0.1, 0.15) is 11.3 Å². The maximum atomic E-state index is 13.7. The molecular formula is C13H15FN2S. The number of aromatic amines is 1. The Bertz CT molecular complexity index is 613. The first kappa shape index (κ1) is 11.0. The van der Waals surface area contributed by atoms with Gasteiger partial charge >= 0.3 is 0 Å². The van der Waals surface area contributed by atoms with Crippen LogP contribution in [0.3, 0.4) is 0 Å². The molecular weight excluding hydrogens is 235 g/mol. The Morgan fingerprint density at radius 2 is 2.24 bits per heavy atom. The summed E-state index contributed by atoms with van der Waals surface area (Å²) in [4.78, 5) is 3.00. The fourth-order valence-electron chi connectivity index (χ4n) is 2.95. The number of H-pyrrole nitrogens is 1. The maximum Gasteiger partial charge on any atom is 0.178 e. The number of rotatable bonds is 1. The highest BCUT2D eigenvalue weighted by atomic mass is 32.1. The second kappa shape index (κ2) is 3.95. The molecule has 17 heavy (non-hydrogen) atoms. The van der Waals surface area contributed by atoms with Gasteiger partial charge in [0.25, 0.3) is 0 Å². The quantitative estimate of drug-likeness (QED) is 0.752. The van der Waals surface area contributed by atoms with E-state index >= 15 is 0 Å². The highest BCUT2D eigenvalue weighted by molar-refractivity contribution is 7.71. The Labute approximate surface area is 104 Å². The first-order chi connectivity index (χ1) is 8.18. The van der Waals surface area contributed by atoms with E-state index in [2.05, 4.69) is 16.5 Å². The number of hydrogen-bond acceptors (Lipinski definition) is 1. The van der Waals surface area contributed by atoms with Crippen LogP contribution in [0.5, 0.6) is 0 Å². The van der Waals surface area contributed by atoms with Crippen molar-refractivity contribution in [2.24, 2.45) is 5.92 Å². The van der Waals surface area contributed by atoms with Gasteiger partial charge in [0.2, 0.25) is 0 Å². The lowest BCUT2D eigenvalue weighted by Crippen LogP contribution is -2.11. The molecule has 90 valence electrons. The highest BCUT2D eigenvalue weighted by Gasteiger charge is 2.27. The van der Waals surface area contributed by atoms with E-state index in [1.54, 1.807) is 6.07 Å². The minimum absolute atomic E-state index is 0.224. The molecule has 0 bridgehead atoms. The molecule has 1 aromatic heterocycles. The average molecular weight is 250 g/mol. The van der Waals surface area contributed by atoms with E-state index in [4.69, 9.17) is 12.2 Å². The fourth-order valence-corrected chi connectivity index (χ4v) is 3.29. The van der Waals surface area contributed by atoms with E-state index in [9.17, 15) is 4.39 Å². The van der Waals surface area contributed by atoms with Crippen molar-refractivity contribution in [3.63, 3.8) is 0 Å². The normalized spacial score (nSPS) is 24.6. The number of aromatic nitrogens is 2. The van der Waals surface area contributed by atoms with E-state index in [0.29, 0.717) is 22.2 Å². The predicted molar refractivity (Wildman–Crippen MR) is 69.1 cm³/mol. The number of benzene rings is 1. The number of para-hydroxylation sites is 1. The van der Waals surface area contributed by atoms with E-state index in [-0.39, 0.29) is 5.82 Å². The molecule has 1 saturated carbocycles. The van der Waals surface area contributed by atoms with Gasteiger partial charge < -0.3 is 9.55 Å². The van der Waals surface area contributed by atoms with Gasteiger partial charge in [-0.15, -0.1) is 0 Å². The first-order valence-electron chi connectivity index (χ1n) is 6.07. The lowest BCUT2D eigenvalue weighted by atomic mass is 10.1. The van der Waals surface area contributed by atoms with Crippen LogP contribution in [0.1, 0.15) is 32.2 Å². The monoisotopic (exact) mass is 250 g/mol. The molecule has 1 N–H and O–H groups in total. The lowest BCUT2D eigenvalue weighted by molar-refractivity contribution is 0.413. The van der Waals surface area contributed by atoms with E-state index in [1.165, 1.54) is 18.9 Å². The number of imidazole rings is 1. The van der Waals surface area contributed by atoms with Gasteiger partial charge in [-0.05, 0) is 43.1 Å². The minimum atomic E-state index is -0.224. The lowest BCUT2D eigenvalue weighted by Gasteiger charge is -2.18. The standard InChI is InChI=1S/C13H15FN2S/c1-8-4-2-6-10(8)16-11-7-3-5-9(14)12(11)15-13(16)17/h3,5,7-8,10H,2,4,6H2,1H3,(H,15,17). The summed E-state index contributed by atoms with van der Waals surface area (Å²) in [6, 6.07) is 5.57. The number of hydrogen-bond donors (Lipinski definition) is 1. The van der Waals surface area contributed by atoms with Crippen molar-refractivity contribution in [2.45, 2.75) is 32.2 Å². The van der Waals surface area contributed by atoms with Crippen LogP contribution in [0.15, 0.2) is 18.2 Å². The Balaban J connectivity index is 2.25. The van der Waals surface area contributed by atoms with Crippen LogP contribution in [0.2, 0.25) is 0 Å².